The molecule has 4 nitrogen and oxygen atoms in total. The first-order valence-electron chi connectivity index (χ1n) is 8.99. The molecule has 0 saturated carbocycles. The number of allylic oxidation sites excluding steroid dienone is 1. The zero-order valence-corrected chi connectivity index (χ0v) is 14.5. The van der Waals surface area contributed by atoms with E-state index in [1.165, 1.54) is 36.9 Å². The summed E-state index contributed by atoms with van der Waals surface area (Å²) in [4.78, 5) is 13.1. The van der Waals surface area contributed by atoms with Crippen LogP contribution < -0.4 is 5.32 Å². The number of nitrogens with zero attached hydrogens (tertiary/aromatic N) is 3. The van der Waals surface area contributed by atoms with Gasteiger partial charge in [-0.1, -0.05) is 24.6 Å². The van der Waals surface area contributed by atoms with Crippen molar-refractivity contribution in [2.75, 3.05) is 11.9 Å². The first-order chi connectivity index (χ1) is 11.8. The zero-order chi connectivity index (χ0) is 16.6. The molecule has 0 atom stereocenters. The number of unbranched alkanes of at least 4 members (excludes halogenated alkanes) is 3. The summed E-state index contributed by atoms with van der Waals surface area (Å²) in [6.45, 7) is 2.96. The van der Waals surface area contributed by atoms with E-state index >= 15 is 0 Å². The van der Waals surface area contributed by atoms with Crippen LogP contribution in [0, 0.1) is 6.92 Å². The molecule has 0 aliphatic carbocycles. The highest BCUT2D eigenvalue weighted by Gasteiger charge is 2.09. The lowest BCUT2D eigenvalue weighted by Crippen LogP contribution is -2.13. The van der Waals surface area contributed by atoms with Gasteiger partial charge >= 0.3 is 0 Å². The third kappa shape index (κ3) is 4.88. The predicted molar refractivity (Wildman–Crippen MR) is 99.0 cm³/mol. The van der Waals surface area contributed by atoms with Crippen LogP contribution in [0.25, 0.3) is 6.08 Å². The molecule has 0 saturated heterocycles. The predicted octanol–water partition coefficient (Wildman–Crippen LogP) is 4.35. The van der Waals surface area contributed by atoms with E-state index in [-0.39, 0.29) is 0 Å². The Morgan fingerprint density at radius 1 is 1.12 bits per heavy atom. The summed E-state index contributed by atoms with van der Waals surface area (Å²) in [6, 6.07) is 4.44. The van der Waals surface area contributed by atoms with Crippen LogP contribution in [-0.4, -0.2) is 21.5 Å². The second kappa shape index (κ2) is 8.57. The molecular formula is C20H26N4. The molecule has 3 rings (SSSR count). The fourth-order valence-electron chi connectivity index (χ4n) is 2.96. The van der Waals surface area contributed by atoms with Crippen molar-refractivity contribution in [1.82, 2.24) is 15.0 Å². The Balaban J connectivity index is 1.34. The molecule has 0 amide bonds. The zero-order valence-electron chi connectivity index (χ0n) is 14.5. The molecule has 2 aromatic rings. The number of pyridine rings is 1. The largest absolute Gasteiger partial charge is 0.370 e. The summed E-state index contributed by atoms with van der Waals surface area (Å²) in [5.41, 5.74) is 3.66. The van der Waals surface area contributed by atoms with Gasteiger partial charge in [0, 0.05) is 30.2 Å². The molecule has 126 valence electrons. The van der Waals surface area contributed by atoms with Crippen molar-refractivity contribution < 1.29 is 0 Å². The smallest absolute Gasteiger partial charge is 0.129 e. The molecule has 1 aliphatic heterocycles. The normalized spacial score (nSPS) is 13.7. The van der Waals surface area contributed by atoms with Crippen LogP contribution >= 0.6 is 0 Å². The molecule has 0 bridgehead atoms. The van der Waals surface area contributed by atoms with Crippen molar-refractivity contribution in [3.8, 4) is 0 Å². The molecule has 4 heteroatoms. The number of hydrogen-bond acceptors (Lipinski definition) is 4. The van der Waals surface area contributed by atoms with E-state index in [2.05, 4.69) is 39.6 Å². The molecule has 0 spiro atoms. The molecule has 24 heavy (non-hydrogen) atoms. The van der Waals surface area contributed by atoms with Gasteiger partial charge in [-0.3, -0.25) is 0 Å². The maximum atomic E-state index is 4.76. The SMILES string of the molecule is Cc1ncc(/C=C/CCCCCc2ccc3c(n2)NCCC3)cn1. The Morgan fingerprint density at radius 2 is 2.00 bits per heavy atom. The highest BCUT2D eigenvalue weighted by Crippen LogP contribution is 2.20. The summed E-state index contributed by atoms with van der Waals surface area (Å²) in [5.74, 6) is 1.93. The second-order valence-electron chi connectivity index (χ2n) is 6.41. The highest BCUT2D eigenvalue weighted by molar-refractivity contribution is 5.47. The average molecular weight is 322 g/mol. The highest BCUT2D eigenvalue weighted by atomic mass is 15.0. The van der Waals surface area contributed by atoms with Crippen LogP contribution in [0.3, 0.4) is 0 Å². The first kappa shape index (κ1) is 16.6. The molecule has 0 aromatic carbocycles. The van der Waals surface area contributed by atoms with Gasteiger partial charge in [-0.2, -0.15) is 0 Å². The van der Waals surface area contributed by atoms with Gasteiger partial charge in [0.15, 0.2) is 0 Å². The van der Waals surface area contributed by atoms with Crippen molar-refractivity contribution in [1.29, 1.82) is 0 Å². The number of aromatic nitrogens is 3. The molecular weight excluding hydrogens is 296 g/mol. The first-order valence-corrected chi connectivity index (χ1v) is 8.99. The molecule has 0 radical (unpaired) electrons. The van der Waals surface area contributed by atoms with Crippen LogP contribution in [0.1, 0.15) is 54.7 Å². The van der Waals surface area contributed by atoms with E-state index in [1.54, 1.807) is 0 Å². The number of fused-ring (bicyclic) bond motifs is 1. The Bertz CT molecular complexity index is 677. The summed E-state index contributed by atoms with van der Waals surface area (Å²) < 4.78 is 0. The maximum Gasteiger partial charge on any atom is 0.129 e. The topological polar surface area (TPSA) is 50.7 Å². The summed E-state index contributed by atoms with van der Waals surface area (Å²) in [7, 11) is 0. The summed E-state index contributed by atoms with van der Waals surface area (Å²) in [6.07, 6.45) is 16.3. The van der Waals surface area contributed by atoms with Crippen LogP contribution in [0.15, 0.2) is 30.6 Å². The molecule has 2 aromatic heterocycles. The van der Waals surface area contributed by atoms with Crippen molar-refractivity contribution in [2.24, 2.45) is 0 Å². The standard InChI is InChI=1S/C20H26N4/c1-16-22-14-17(15-23-16)8-5-3-2-4-6-10-19-12-11-18-9-7-13-21-20(18)24-19/h5,8,11-12,14-15H,2-4,6-7,9-10,13H2,1H3,(H,21,24)/b8-5+. The Labute approximate surface area is 144 Å². The van der Waals surface area contributed by atoms with Gasteiger partial charge in [-0.25, -0.2) is 15.0 Å². The minimum atomic E-state index is 0.818. The van der Waals surface area contributed by atoms with Crippen molar-refractivity contribution >= 4 is 11.9 Å². The van der Waals surface area contributed by atoms with E-state index in [1.807, 2.05) is 19.3 Å². The third-order valence-corrected chi connectivity index (χ3v) is 4.37. The summed E-state index contributed by atoms with van der Waals surface area (Å²) >= 11 is 0. The van der Waals surface area contributed by atoms with E-state index in [0.717, 1.165) is 43.0 Å². The van der Waals surface area contributed by atoms with Crippen molar-refractivity contribution in [2.45, 2.75) is 51.9 Å². The number of aryl methyl sites for hydroxylation is 3. The number of nitrogens with one attached hydrogen (secondary N) is 1. The Morgan fingerprint density at radius 3 is 2.88 bits per heavy atom. The molecule has 1 N–H and O–H groups in total. The maximum absolute atomic E-state index is 4.76. The lowest BCUT2D eigenvalue weighted by Gasteiger charge is -2.17. The number of rotatable bonds is 7. The minimum Gasteiger partial charge on any atom is -0.370 e. The van der Waals surface area contributed by atoms with Gasteiger partial charge in [0.1, 0.15) is 11.6 Å². The van der Waals surface area contributed by atoms with Crippen molar-refractivity contribution in [3.63, 3.8) is 0 Å². The fraction of sp³-hybridized carbons (Fsp3) is 0.450. The van der Waals surface area contributed by atoms with Gasteiger partial charge in [0.05, 0.1) is 0 Å². The van der Waals surface area contributed by atoms with E-state index < -0.39 is 0 Å². The lowest BCUT2D eigenvalue weighted by atomic mass is 10.0. The van der Waals surface area contributed by atoms with Gasteiger partial charge in [0.2, 0.25) is 0 Å². The van der Waals surface area contributed by atoms with Crippen molar-refractivity contribution in [3.05, 3.63) is 53.2 Å². The van der Waals surface area contributed by atoms with E-state index in [9.17, 15) is 0 Å². The van der Waals surface area contributed by atoms with Gasteiger partial charge < -0.3 is 5.32 Å². The number of anilines is 1. The van der Waals surface area contributed by atoms with Gasteiger partial charge in [-0.15, -0.1) is 0 Å². The average Bonchev–Trinajstić information content (AvgIpc) is 2.62. The quantitative estimate of drug-likeness (QED) is 0.770. The van der Waals surface area contributed by atoms with Crippen LogP contribution in [0.4, 0.5) is 5.82 Å². The summed E-state index contributed by atoms with van der Waals surface area (Å²) in [5, 5.41) is 3.41. The van der Waals surface area contributed by atoms with Crippen LogP contribution in [0.5, 0.6) is 0 Å². The fourth-order valence-corrected chi connectivity index (χ4v) is 2.96. The van der Waals surface area contributed by atoms with Gasteiger partial charge in [0.25, 0.3) is 0 Å². The second-order valence-corrected chi connectivity index (χ2v) is 6.41. The third-order valence-electron chi connectivity index (χ3n) is 4.37. The van der Waals surface area contributed by atoms with E-state index in [0.29, 0.717) is 0 Å². The molecule has 0 unspecified atom stereocenters. The molecule has 0 fully saturated rings. The van der Waals surface area contributed by atoms with Crippen LogP contribution in [-0.2, 0) is 12.8 Å². The van der Waals surface area contributed by atoms with Gasteiger partial charge in [-0.05, 0) is 57.1 Å². The molecule has 1 aliphatic rings. The lowest BCUT2D eigenvalue weighted by molar-refractivity contribution is 0.678. The monoisotopic (exact) mass is 322 g/mol. The van der Waals surface area contributed by atoms with Crippen LogP contribution in [0.2, 0.25) is 0 Å². The minimum absolute atomic E-state index is 0.818. The number of hydrogen-bond donors (Lipinski definition) is 1. The Kier molecular flexibility index (Phi) is 5.94. The molecule has 3 heterocycles. The van der Waals surface area contributed by atoms with E-state index in [4.69, 9.17) is 4.98 Å². The Hall–Kier alpha value is -2.23.